The molecule has 1 N–H and O–H groups in total. The molecule has 0 spiro atoms. The van der Waals surface area contributed by atoms with Gasteiger partial charge in [0.05, 0.1) is 0 Å². The number of hydrogen-bond donors (Lipinski definition) is 1. The van der Waals surface area contributed by atoms with Gasteiger partial charge in [0.2, 0.25) is 0 Å². The van der Waals surface area contributed by atoms with Crippen LogP contribution in [0.25, 0.3) is 11.1 Å². The SMILES string of the molecule is CC(=O)c1ccc(NC(=O)[C@@H](C)OC(=O)COc2ccccc2-c2ccccc2)cc1. The summed E-state index contributed by atoms with van der Waals surface area (Å²) >= 11 is 0. The molecule has 0 bridgehead atoms. The molecule has 0 unspecified atom stereocenters. The number of esters is 1. The molecule has 0 saturated heterocycles. The molecule has 1 atom stereocenters. The molecule has 0 aliphatic rings. The molecule has 0 aromatic heterocycles. The molecule has 0 radical (unpaired) electrons. The monoisotopic (exact) mass is 417 g/mol. The molecule has 31 heavy (non-hydrogen) atoms. The number of carbonyl (C=O) groups excluding carboxylic acids is 3. The van der Waals surface area contributed by atoms with Crippen LogP contribution in [0.5, 0.6) is 5.75 Å². The van der Waals surface area contributed by atoms with Gasteiger partial charge < -0.3 is 14.8 Å². The van der Waals surface area contributed by atoms with Crippen molar-refractivity contribution in [2.75, 3.05) is 11.9 Å². The Morgan fingerprint density at radius 2 is 1.52 bits per heavy atom. The van der Waals surface area contributed by atoms with Gasteiger partial charge in [0, 0.05) is 16.8 Å². The third-order valence-corrected chi connectivity index (χ3v) is 4.55. The Balaban J connectivity index is 1.54. The first-order chi connectivity index (χ1) is 14.9. The maximum atomic E-state index is 12.3. The van der Waals surface area contributed by atoms with Gasteiger partial charge in [-0.1, -0.05) is 48.5 Å². The van der Waals surface area contributed by atoms with Crippen molar-refractivity contribution in [3.63, 3.8) is 0 Å². The van der Waals surface area contributed by atoms with Crippen molar-refractivity contribution in [1.29, 1.82) is 0 Å². The number of amides is 1. The zero-order chi connectivity index (χ0) is 22.2. The van der Waals surface area contributed by atoms with E-state index in [4.69, 9.17) is 9.47 Å². The van der Waals surface area contributed by atoms with Crippen LogP contribution in [-0.4, -0.2) is 30.4 Å². The van der Waals surface area contributed by atoms with Crippen LogP contribution >= 0.6 is 0 Å². The van der Waals surface area contributed by atoms with Crippen molar-refractivity contribution in [3.05, 3.63) is 84.4 Å². The van der Waals surface area contributed by atoms with E-state index in [1.807, 2.05) is 48.5 Å². The summed E-state index contributed by atoms with van der Waals surface area (Å²) < 4.78 is 10.8. The van der Waals surface area contributed by atoms with Crippen LogP contribution in [0.1, 0.15) is 24.2 Å². The lowest BCUT2D eigenvalue weighted by Gasteiger charge is -2.15. The predicted molar refractivity (Wildman–Crippen MR) is 118 cm³/mol. The third kappa shape index (κ3) is 6.02. The Labute approximate surface area is 180 Å². The third-order valence-electron chi connectivity index (χ3n) is 4.55. The van der Waals surface area contributed by atoms with Gasteiger partial charge in [-0.3, -0.25) is 9.59 Å². The summed E-state index contributed by atoms with van der Waals surface area (Å²) in [5.74, 6) is -0.645. The lowest BCUT2D eigenvalue weighted by Crippen LogP contribution is -2.31. The molecule has 0 heterocycles. The molecule has 0 fully saturated rings. The van der Waals surface area contributed by atoms with Crippen molar-refractivity contribution in [2.45, 2.75) is 20.0 Å². The average Bonchev–Trinajstić information content (AvgIpc) is 2.78. The number of Topliss-reactive ketones (excluding diaryl/α,β-unsaturated/α-hetero) is 1. The molecule has 0 aliphatic heterocycles. The Kier molecular flexibility index (Phi) is 7.17. The van der Waals surface area contributed by atoms with Crippen molar-refractivity contribution in [1.82, 2.24) is 0 Å². The smallest absolute Gasteiger partial charge is 0.344 e. The van der Waals surface area contributed by atoms with Gasteiger partial charge in [-0.2, -0.15) is 0 Å². The maximum absolute atomic E-state index is 12.3. The fourth-order valence-electron chi connectivity index (χ4n) is 2.90. The Morgan fingerprint density at radius 1 is 0.871 bits per heavy atom. The van der Waals surface area contributed by atoms with Crippen molar-refractivity contribution >= 4 is 23.3 Å². The number of carbonyl (C=O) groups is 3. The molecule has 158 valence electrons. The zero-order valence-corrected chi connectivity index (χ0v) is 17.3. The number of anilines is 1. The van der Waals surface area contributed by atoms with Crippen LogP contribution in [0.15, 0.2) is 78.9 Å². The van der Waals surface area contributed by atoms with Crippen LogP contribution in [0, 0.1) is 0 Å². The number of ketones is 1. The minimum atomic E-state index is -1.01. The fourth-order valence-corrected chi connectivity index (χ4v) is 2.90. The van der Waals surface area contributed by atoms with Crippen molar-refractivity contribution < 1.29 is 23.9 Å². The molecule has 6 nitrogen and oxygen atoms in total. The van der Waals surface area contributed by atoms with Gasteiger partial charge in [-0.25, -0.2) is 4.79 Å². The Hall–Kier alpha value is -3.93. The van der Waals surface area contributed by atoms with Crippen LogP contribution in [0.4, 0.5) is 5.69 Å². The van der Waals surface area contributed by atoms with E-state index in [1.165, 1.54) is 13.8 Å². The first-order valence-electron chi connectivity index (χ1n) is 9.82. The predicted octanol–water partition coefficient (Wildman–Crippen LogP) is 4.51. The summed E-state index contributed by atoms with van der Waals surface area (Å²) in [4.78, 5) is 35.8. The van der Waals surface area contributed by atoms with Crippen LogP contribution in [0.3, 0.4) is 0 Å². The molecule has 0 saturated carbocycles. The largest absolute Gasteiger partial charge is 0.481 e. The van der Waals surface area contributed by atoms with Crippen molar-refractivity contribution in [2.24, 2.45) is 0 Å². The van der Waals surface area contributed by atoms with E-state index in [9.17, 15) is 14.4 Å². The zero-order valence-electron chi connectivity index (χ0n) is 17.3. The first kappa shape index (κ1) is 21.8. The van der Waals surface area contributed by atoms with Crippen molar-refractivity contribution in [3.8, 4) is 16.9 Å². The molecule has 0 aliphatic carbocycles. The lowest BCUT2D eigenvalue weighted by atomic mass is 10.1. The van der Waals surface area contributed by atoms with E-state index in [-0.39, 0.29) is 12.4 Å². The van der Waals surface area contributed by atoms with E-state index in [2.05, 4.69) is 5.32 Å². The number of nitrogens with one attached hydrogen (secondary N) is 1. The average molecular weight is 417 g/mol. The summed E-state index contributed by atoms with van der Waals surface area (Å²) in [7, 11) is 0. The van der Waals surface area contributed by atoms with Crippen LogP contribution in [-0.2, 0) is 14.3 Å². The van der Waals surface area contributed by atoms with E-state index in [0.717, 1.165) is 11.1 Å². The highest BCUT2D eigenvalue weighted by atomic mass is 16.6. The fraction of sp³-hybridized carbons (Fsp3) is 0.160. The number of para-hydroxylation sites is 1. The van der Waals surface area contributed by atoms with Crippen LogP contribution in [0.2, 0.25) is 0 Å². The normalized spacial score (nSPS) is 11.3. The minimum absolute atomic E-state index is 0.0611. The molecule has 3 aromatic carbocycles. The summed E-state index contributed by atoms with van der Waals surface area (Å²) in [6, 6.07) is 23.5. The number of hydrogen-bond acceptors (Lipinski definition) is 5. The number of rotatable bonds is 8. The molecular weight excluding hydrogens is 394 g/mol. The molecule has 3 aromatic rings. The second-order valence-electron chi connectivity index (χ2n) is 6.91. The highest BCUT2D eigenvalue weighted by Crippen LogP contribution is 2.29. The Morgan fingerprint density at radius 3 is 2.19 bits per heavy atom. The van der Waals surface area contributed by atoms with E-state index >= 15 is 0 Å². The summed E-state index contributed by atoms with van der Waals surface area (Å²) in [6.07, 6.45) is -1.01. The van der Waals surface area contributed by atoms with E-state index in [0.29, 0.717) is 17.0 Å². The minimum Gasteiger partial charge on any atom is -0.481 e. The lowest BCUT2D eigenvalue weighted by molar-refractivity contribution is -0.155. The van der Waals surface area contributed by atoms with E-state index < -0.39 is 18.0 Å². The first-order valence-corrected chi connectivity index (χ1v) is 9.82. The van der Waals surface area contributed by atoms with Gasteiger partial charge in [0.15, 0.2) is 18.5 Å². The molecule has 3 rings (SSSR count). The molecular formula is C25H23NO5. The van der Waals surface area contributed by atoms with E-state index in [1.54, 1.807) is 30.3 Å². The number of benzene rings is 3. The summed E-state index contributed by atoms with van der Waals surface area (Å²) in [5.41, 5.74) is 2.88. The topological polar surface area (TPSA) is 81.7 Å². The quantitative estimate of drug-likeness (QED) is 0.431. The van der Waals surface area contributed by atoms with Gasteiger partial charge in [0.1, 0.15) is 5.75 Å². The Bertz CT molecular complexity index is 1060. The highest BCUT2D eigenvalue weighted by molar-refractivity contribution is 5.97. The van der Waals surface area contributed by atoms with Gasteiger partial charge in [-0.05, 0) is 49.7 Å². The number of ether oxygens (including phenoxy) is 2. The molecule has 6 heteroatoms. The highest BCUT2D eigenvalue weighted by Gasteiger charge is 2.19. The molecule has 1 amide bonds. The van der Waals surface area contributed by atoms with Gasteiger partial charge in [0.25, 0.3) is 5.91 Å². The summed E-state index contributed by atoms with van der Waals surface area (Å²) in [5, 5.41) is 2.65. The second-order valence-corrected chi connectivity index (χ2v) is 6.91. The van der Waals surface area contributed by atoms with Gasteiger partial charge in [-0.15, -0.1) is 0 Å². The maximum Gasteiger partial charge on any atom is 0.344 e. The van der Waals surface area contributed by atoms with Gasteiger partial charge >= 0.3 is 5.97 Å². The second kappa shape index (κ2) is 10.2. The standard InChI is InChI=1S/C25H23NO5/c1-17(27)19-12-14-21(15-13-19)26-25(29)18(2)31-24(28)16-30-23-11-7-6-10-22(23)20-8-4-3-5-9-20/h3-15,18H,16H2,1-2H3,(H,26,29)/t18-/m1/s1. The summed E-state index contributed by atoms with van der Waals surface area (Å²) in [6.45, 7) is 2.62. The van der Waals surface area contributed by atoms with Crippen LogP contribution < -0.4 is 10.1 Å².